The quantitative estimate of drug-likeness (QED) is 0.570. The Bertz CT molecular complexity index is 307. The maximum absolute atomic E-state index is 12.1. The van der Waals surface area contributed by atoms with Gasteiger partial charge in [-0.2, -0.15) is 12.6 Å². The molecule has 4 nitrogen and oxygen atoms in total. The molecule has 1 saturated carbocycles. The molecule has 0 aromatic carbocycles. The molecule has 2 aliphatic rings. The molecule has 110 valence electrons. The van der Waals surface area contributed by atoms with Crippen molar-refractivity contribution in [1.82, 2.24) is 4.90 Å². The molecule has 1 aliphatic heterocycles. The lowest BCUT2D eigenvalue weighted by atomic mass is 9.98. The van der Waals surface area contributed by atoms with Crippen LogP contribution in [-0.2, 0) is 14.3 Å². The van der Waals surface area contributed by atoms with Crippen molar-refractivity contribution in [3.8, 4) is 0 Å². The van der Waals surface area contributed by atoms with Gasteiger partial charge in [0.25, 0.3) is 0 Å². The predicted molar refractivity (Wildman–Crippen MR) is 77.5 cm³/mol. The van der Waals surface area contributed by atoms with Gasteiger partial charge in [-0.3, -0.25) is 9.69 Å². The van der Waals surface area contributed by atoms with Crippen molar-refractivity contribution in [2.75, 3.05) is 45.2 Å². The van der Waals surface area contributed by atoms with Crippen LogP contribution in [0.4, 0.5) is 0 Å². The summed E-state index contributed by atoms with van der Waals surface area (Å²) in [5.41, 5.74) is -0.218. The molecule has 0 bridgehead atoms. The number of thiol groups is 1. The number of nitrogens with zero attached hydrogens (tertiary/aromatic N) is 1. The Kier molecular flexibility index (Phi) is 5.54. The van der Waals surface area contributed by atoms with Crippen LogP contribution in [0.3, 0.4) is 0 Å². The highest BCUT2D eigenvalue weighted by Gasteiger charge is 2.59. The highest BCUT2D eigenvalue weighted by Crippen LogP contribution is 2.58. The highest BCUT2D eigenvalue weighted by molar-refractivity contribution is 7.80. The number of ether oxygens (including phenoxy) is 2. The number of esters is 1. The molecule has 5 heteroatoms. The molecule has 0 N–H and O–H groups in total. The molecule has 0 aromatic rings. The molecule has 1 saturated heterocycles. The first-order chi connectivity index (χ1) is 9.23. The monoisotopic (exact) mass is 287 g/mol. The van der Waals surface area contributed by atoms with Gasteiger partial charge < -0.3 is 9.47 Å². The Morgan fingerprint density at radius 2 is 2.21 bits per heavy atom. The lowest BCUT2D eigenvalue weighted by molar-refractivity contribution is -0.150. The van der Waals surface area contributed by atoms with E-state index < -0.39 is 0 Å². The topological polar surface area (TPSA) is 38.8 Å². The van der Waals surface area contributed by atoms with Gasteiger partial charge in [-0.15, -0.1) is 0 Å². The summed E-state index contributed by atoms with van der Waals surface area (Å²) in [4.78, 5) is 14.5. The van der Waals surface area contributed by atoms with Crippen LogP contribution in [-0.4, -0.2) is 56.1 Å². The van der Waals surface area contributed by atoms with Crippen molar-refractivity contribution < 1.29 is 14.3 Å². The minimum Gasteiger partial charge on any atom is -0.466 e. The Morgan fingerprint density at radius 1 is 1.47 bits per heavy atom. The van der Waals surface area contributed by atoms with Crippen LogP contribution < -0.4 is 0 Å². The fourth-order valence-corrected chi connectivity index (χ4v) is 3.45. The standard InChI is InChI=1S/C14H25NO3S/c1-2-18-13(16)14(4-10-19)11-12(14)3-5-15-6-8-17-9-7-15/h12,19H,2-11H2,1H3. The second kappa shape index (κ2) is 6.95. The largest absolute Gasteiger partial charge is 0.466 e. The third-order valence-electron chi connectivity index (χ3n) is 4.37. The van der Waals surface area contributed by atoms with E-state index in [-0.39, 0.29) is 11.4 Å². The van der Waals surface area contributed by atoms with Crippen LogP contribution in [0.2, 0.25) is 0 Å². The lowest BCUT2D eigenvalue weighted by Crippen LogP contribution is -2.37. The fraction of sp³-hybridized carbons (Fsp3) is 0.929. The van der Waals surface area contributed by atoms with E-state index in [1.165, 1.54) is 0 Å². The van der Waals surface area contributed by atoms with E-state index in [1.54, 1.807) is 0 Å². The molecule has 1 aliphatic carbocycles. The van der Waals surface area contributed by atoms with Gasteiger partial charge >= 0.3 is 5.97 Å². The van der Waals surface area contributed by atoms with Crippen LogP contribution in [0, 0.1) is 11.3 Å². The second-order valence-electron chi connectivity index (χ2n) is 5.49. The molecule has 2 rings (SSSR count). The maximum Gasteiger partial charge on any atom is 0.312 e. The summed E-state index contributed by atoms with van der Waals surface area (Å²) in [6.07, 6.45) is 2.92. The molecule has 2 fully saturated rings. The first-order valence-corrected chi connectivity index (χ1v) is 7.94. The Labute approximate surface area is 121 Å². The Balaban J connectivity index is 1.79. The van der Waals surface area contributed by atoms with E-state index in [0.717, 1.165) is 57.9 Å². The smallest absolute Gasteiger partial charge is 0.312 e. The van der Waals surface area contributed by atoms with E-state index in [4.69, 9.17) is 9.47 Å². The van der Waals surface area contributed by atoms with Gasteiger partial charge in [0.1, 0.15) is 0 Å². The summed E-state index contributed by atoms with van der Waals surface area (Å²) in [5.74, 6) is 1.24. The molecule has 19 heavy (non-hydrogen) atoms. The maximum atomic E-state index is 12.1. The van der Waals surface area contributed by atoms with Crippen molar-refractivity contribution in [2.45, 2.75) is 26.2 Å². The Hall–Kier alpha value is -0.260. The van der Waals surface area contributed by atoms with Gasteiger partial charge in [-0.1, -0.05) is 0 Å². The van der Waals surface area contributed by atoms with E-state index in [2.05, 4.69) is 17.5 Å². The molecular weight excluding hydrogens is 262 g/mol. The molecule has 2 unspecified atom stereocenters. The molecule has 0 amide bonds. The summed E-state index contributed by atoms with van der Waals surface area (Å²) >= 11 is 4.29. The summed E-state index contributed by atoms with van der Waals surface area (Å²) < 4.78 is 10.6. The van der Waals surface area contributed by atoms with E-state index in [1.807, 2.05) is 6.92 Å². The zero-order valence-corrected chi connectivity index (χ0v) is 12.7. The summed E-state index contributed by atoms with van der Waals surface area (Å²) in [6.45, 7) is 7.13. The number of carbonyl (C=O) groups excluding carboxylic acids is 1. The third kappa shape index (κ3) is 3.64. The van der Waals surface area contributed by atoms with Gasteiger partial charge in [0.2, 0.25) is 0 Å². The van der Waals surface area contributed by atoms with Gasteiger partial charge in [0.05, 0.1) is 25.2 Å². The summed E-state index contributed by atoms with van der Waals surface area (Å²) in [7, 11) is 0. The van der Waals surface area contributed by atoms with Crippen LogP contribution in [0.25, 0.3) is 0 Å². The van der Waals surface area contributed by atoms with E-state index in [9.17, 15) is 4.79 Å². The van der Waals surface area contributed by atoms with Crippen LogP contribution in [0.5, 0.6) is 0 Å². The normalized spacial score (nSPS) is 31.2. The van der Waals surface area contributed by atoms with Crippen LogP contribution >= 0.6 is 12.6 Å². The SMILES string of the molecule is CCOC(=O)C1(CCS)CC1CCN1CCOCC1. The van der Waals surface area contributed by atoms with E-state index >= 15 is 0 Å². The highest BCUT2D eigenvalue weighted by atomic mass is 32.1. The third-order valence-corrected chi connectivity index (χ3v) is 4.59. The van der Waals surface area contributed by atoms with Gasteiger partial charge in [-0.25, -0.2) is 0 Å². The number of morpholine rings is 1. The van der Waals surface area contributed by atoms with Crippen LogP contribution in [0.15, 0.2) is 0 Å². The average Bonchev–Trinajstić information content (AvgIpc) is 3.13. The molecule has 0 spiro atoms. The Morgan fingerprint density at radius 3 is 2.84 bits per heavy atom. The van der Waals surface area contributed by atoms with Gasteiger partial charge in [-0.05, 0) is 44.4 Å². The average molecular weight is 287 g/mol. The summed E-state index contributed by atoms with van der Waals surface area (Å²) in [6, 6.07) is 0. The summed E-state index contributed by atoms with van der Waals surface area (Å²) in [5, 5.41) is 0. The van der Waals surface area contributed by atoms with E-state index in [0.29, 0.717) is 12.5 Å². The molecular formula is C14H25NO3S. The lowest BCUT2D eigenvalue weighted by Gasteiger charge is -2.26. The van der Waals surface area contributed by atoms with Crippen molar-refractivity contribution in [2.24, 2.45) is 11.3 Å². The number of hydrogen-bond donors (Lipinski definition) is 1. The van der Waals surface area contributed by atoms with Crippen LogP contribution in [0.1, 0.15) is 26.2 Å². The fourth-order valence-electron chi connectivity index (χ4n) is 3.05. The van der Waals surface area contributed by atoms with Crippen molar-refractivity contribution in [1.29, 1.82) is 0 Å². The zero-order valence-electron chi connectivity index (χ0n) is 11.8. The van der Waals surface area contributed by atoms with Crippen molar-refractivity contribution >= 4 is 18.6 Å². The number of rotatable bonds is 7. The predicted octanol–water partition coefficient (Wildman–Crippen LogP) is 1.60. The minimum absolute atomic E-state index is 0.00368. The second-order valence-corrected chi connectivity index (χ2v) is 5.94. The molecule has 0 aromatic heterocycles. The first-order valence-electron chi connectivity index (χ1n) is 7.31. The first kappa shape index (κ1) is 15.1. The van der Waals surface area contributed by atoms with Gasteiger partial charge in [0, 0.05) is 13.1 Å². The molecule has 1 heterocycles. The number of hydrogen-bond acceptors (Lipinski definition) is 5. The minimum atomic E-state index is -0.218. The molecule has 2 atom stereocenters. The van der Waals surface area contributed by atoms with Crippen molar-refractivity contribution in [3.63, 3.8) is 0 Å². The van der Waals surface area contributed by atoms with Gasteiger partial charge in [0.15, 0.2) is 0 Å². The van der Waals surface area contributed by atoms with Crippen molar-refractivity contribution in [3.05, 3.63) is 0 Å². The molecule has 0 radical (unpaired) electrons. The number of carbonyl (C=O) groups is 1. The zero-order chi connectivity index (χ0) is 13.7.